The van der Waals surface area contributed by atoms with Gasteiger partial charge in [0.15, 0.2) is 0 Å². The molecule has 0 spiro atoms. The Bertz CT molecular complexity index is 546. The van der Waals surface area contributed by atoms with Gasteiger partial charge < -0.3 is 10.2 Å². The fourth-order valence-corrected chi connectivity index (χ4v) is 2.40. The first kappa shape index (κ1) is 15.9. The van der Waals surface area contributed by atoms with E-state index in [-0.39, 0.29) is 0 Å². The number of aromatic nitrogens is 1. The summed E-state index contributed by atoms with van der Waals surface area (Å²) in [4.78, 5) is 6.89. The first-order chi connectivity index (χ1) is 10.2. The van der Waals surface area contributed by atoms with Crippen molar-refractivity contribution in [2.24, 2.45) is 0 Å². The van der Waals surface area contributed by atoms with E-state index in [1.807, 2.05) is 12.3 Å². The van der Waals surface area contributed by atoms with E-state index >= 15 is 0 Å². The minimum Gasteiger partial charge on any atom is -0.313 e. The van der Waals surface area contributed by atoms with Gasteiger partial charge in [0.2, 0.25) is 0 Å². The lowest BCUT2D eigenvalue weighted by atomic mass is 10.1. The van der Waals surface area contributed by atoms with Crippen LogP contribution in [0.25, 0.3) is 10.9 Å². The van der Waals surface area contributed by atoms with E-state index in [4.69, 9.17) is 0 Å². The molecule has 0 saturated heterocycles. The molecule has 1 aromatic heterocycles. The van der Waals surface area contributed by atoms with Crippen LogP contribution in [0, 0.1) is 0 Å². The maximum Gasteiger partial charge on any atom is 0.0746 e. The number of nitrogens with one attached hydrogen (secondary N) is 1. The molecular weight excluding hydrogens is 258 g/mol. The van der Waals surface area contributed by atoms with Crippen molar-refractivity contribution in [1.29, 1.82) is 0 Å². The summed E-state index contributed by atoms with van der Waals surface area (Å²) < 4.78 is 0. The second-order valence-electron chi connectivity index (χ2n) is 5.95. The summed E-state index contributed by atoms with van der Waals surface area (Å²) in [5.41, 5.74) is 2.40. The highest BCUT2D eigenvalue weighted by molar-refractivity contribution is 5.81. The van der Waals surface area contributed by atoms with Gasteiger partial charge in [-0.05, 0) is 58.5 Å². The van der Waals surface area contributed by atoms with Crippen LogP contribution in [0.5, 0.6) is 0 Å². The molecule has 0 amide bonds. The number of fused-ring (bicyclic) bond motifs is 1. The minimum atomic E-state index is 0.639. The molecule has 0 atom stereocenters. The second kappa shape index (κ2) is 8.11. The molecule has 0 saturated carbocycles. The molecule has 1 N–H and O–H groups in total. The molecule has 1 heterocycles. The number of benzene rings is 1. The van der Waals surface area contributed by atoms with Crippen LogP contribution in [0.15, 0.2) is 36.5 Å². The van der Waals surface area contributed by atoms with Gasteiger partial charge in [-0.15, -0.1) is 0 Å². The molecule has 0 aliphatic carbocycles. The van der Waals surface area contributed by atoms with Gasteiger partial charge in [-0.25, -0.2) is 0 Å². The highest BCUT2D eigenvalue weighted by atomic mass is 15.1. The first-order valence-corrected chi connectivity index (χ1v) is 7.92. The number of unbranched alkanes of at least 4 members (excludes halogenated alkanes) is 1. The van der Waals surface area contributed by atoms with E-state index in [1.165, 1.54) is 30.3 Å². The molecule has 3 heteroatoms. The van der Waals surface area contributed by atoms with Crippen LogP contribution in [0.3, 0.4) is 0 Å². The third-order valence-electron chi connectivity index (χ3n) is 4.03. The van der Waals surface area contributed by atoms with Crippen molar-refractivity contribution in [2.45, 2.75) is 39.3 Å². The summed E-state index contributed by atoms with van der Waals surface area (Å²) in [6.45, 7) is 7.62. The number of para-hydroxylation sites is 1. The number of rotatable bonds is 8. The van der Waals surface area contributed by atoms with Crippen molar-refractivity contribution in [3.05, 3.63) is 42.1 Å². The molecule has 3 nitrogen and oxygen atoms in total. The van der Waals surface area contributed by atoms with Gasteiger partial charge in [0, 0.05) is 24.2 Å². The molecule has 2 rings (SSSR count). The fraction of sp³-hybridized carbons (Fsp3) is 0.500. The largest absolute Gasteiger partial charge is 0.313 e. The molecule has 21 heavy (non-hydrogen) atoms. The van der Waals surface area contributed by atoms with Gasteiger partial charge in [-0.3, -0.25) is 4.98 Å². The predicted octanol–water partition coefficient (Wildman–Crippen LogP) is 3.44. The molecule has 0 fully saturated rings. The lowest BCUT2D eigenvalue weighted by molar-refractivity contribution is 0.268. The average molecular weight is 285 g/mol. The summed E-state index contributed by atoms with van der Waals surface area (Å²) >= 11 is 0. The zero-order valence-electron chi connectivity index (χ0n) is 13.5. The van der Waals surface area contributed by atoms with Crippen LogP contribution < -0.4 is 5.32 Å². The standard InChI is InChI=1S/C18H27N3/c1-15(2)21(3)13-5-4-11-19-14-17-9-6-8-16-10-7-12-20-18(16)17/h6-10,12,15,19H,4-5,11,13-14H2,1-3H3. The van der Waals surface area contributed by atoms with Gasteiger partial charge in [0.1, 0.15) is 0 Å². The average Bonchev–Trinajstić information content (AvgIpc) is 2.50. The fourth-order valence-electron chi connectivity index (χ4n) is 2.40. The molecule has 114 valence electrons. The molecule has 0 bridgehead atoms. The van der Waals surface area contributed by atoms with Crippen molar-refractivity contribution in [3.63, 3.8) is 0 Å². The summed E-state index contributed by atoms with van der Waals surface area (Å²) in [7, 11) is 2.19. The number of hydrogen-bond acceptors (Lipinski definition) is 3. The Morgan fingerprint density at radius 2 is 1.95 bits per heavy atom. The normalized spacial score (nSPS) is 11.7. The lowest BCUT2D eigenvalue weighted by Gasteiger charge is -2.20. The molecule has 0 radical (unpaired) electrons. The van der Waals surface area contributed by atoms with E-state index in [9.17, 15) is 0 Å². The summed E-state index contributed by atoms with van der Waals surface area (Å²) in [5, 5.41) is 4.76. The molecule has 1 aromatic carbocycles. The van der Waals surface area contributed by atoms with Crippen molar-refractivity contribution >= 4 is 10.9 Å². The SMILES string of the molecule is CC(C)N(C)CCCCNCc1cccc2cccnc12. The summed E-state index contributed by atoms with van der Waals surface area (Å²) in [6, 6.07) is 11.1. The lowest BCUT2D eigenvalue weighted by Crippen LogP contribution is -2.27. The van der Waals surface area contributed by atoms with Crippen molar-refractivity contribution in [2.75, 3.05) is 20.1 Å². The third kappa shape index (κ3) is 4.80. The molecule has 2 aromatic rings. The second-order valence-corrected chi connectivity index (χ2v) is 5.95. The van der Waals surface area contributed by atoms with Crippen molar-refractivity contribution < 1.29 is 0 Å². The van der Waals surface area contributed by atoms with Gasteiger partial charge in [0.05, 0.1) is 5.52 Å². The Kier molecular flexibility index (Phi) is 6.15. The number of hydrogen-bond donors (Lipinski definition) is 1. The van der Waals surface area contributed by atoms with Crippen LogP contribution in [0.2, 0.25) is 0 Å². The highest BCUT2D eigenvalue weighted by Gasteiger charge is 2.03. The molecule has 0 aliphatic heterocycles. The van der Waals surface area contributed by atoms with E-state index in [0.29, 0.717) is 6.04 Å². The van der Waals surface area contributed by atoms with Crippen LogP contribution in [-0.4, -0.2) is 36.1 Å². The number of nitrogens with zero attached hydrogens (tertiary/aromatic N) is 2. The Morgan fingerprint density at radius 3 is 2.76 bits per heavy atom. The quantitative estimate of drug-likeness (QED) is 0.753. The Morgan fingerprint density at radius 1 is 1.14 bits per heavy atom. The molecular formula is C18H27N3. The monoisotopic (exact) mass is 285 g/mol. The van der Waals surface area contributed by atoms with E-state index in [2.05, 4.69) is 60.4 Å². The van der Waals surface area contributed by atoms with E-state index < -0.39 is 0 Å². The first-order valence-electron chi connectivity index (χ1n) is 7.92. The summed E-state index contributed by atoms with van der Waals surface area (Å²) in [5.74, 6) is 0. The van der Waals surface area contributed by atoms with Crippen LogP contribution >= 0.6 is 0 Å². The predicted molar refractivity (Wildman–Crippen MR) is 90.4 cm³/mol. The minimum absolute atomic E-state index is 0.639. The maximum atomic E-state index is 4.49. The van der Waals surface area contributed by atoms with Gasteiger partial charge in [-0.2, -0.15) is 0 Å². The Hall–Kier alpha value is -1.45. The van der Waals surface area contributed by atoms with Gasteiger partial charge in [0.25, 0.3) is 0 Å². The zero-order chi connectivity index (χ0) is 15.1. The third-order valence-corrected chi connectivity index (χ3v) is 4.03. The molecule has 0 unspecified atom stereocenters. The Balaban J connectivity index is 1.73. The van der Waals surface area contributed by atoms with Crippen molar-refractivity contribution in [1.82, 2.24) is 15.2 Å². The van der Waals surface area contributed by atoms with Crippen LogP contribution in [0.1, 0.15) is 32.3 Å². The van der Waals surface area contributed by atoms with Gasteiger partial charge >= 0.3 is 0 Å². The van der Waals surface area contributed by atoms with Gasteiger partial charge in [-0.1, -0.05) is 24.3 Å². The van der Waals surface area contributed by atoms with Crippen LogP contribution in [-0.2, 0) is 6.54 Å². The zero-order valence-corrected chi connectivity index (χ0v) is 13.5. The Labute approximate surface area is 128 Å². The van der Waals surface area contributed by atoms with Crippen molar-refractivity contribution in [3.8, 4) is 0 Å². The van der Waals surface area contributed by atoms with Crippen LogP contribution in [0.4, 0.5) is 0 Å². The van der Waals surface area contributed by atoms with E-state index in [0.717, 1.165) is 18.6 Å². The highest BCUT2D eigenvalue weighted by Crippen LogP contribution is 2.15. The topological polar surface area (TPSA) is 28.2 Å². The molecule has 0 aliphatic rings. The number of pyridine rings is 1. The smallest absolute Gasteiger partial charge is 0.0746 e. The van der Waals surface area contributed by atoms with E-state index in [1.54, 1.807) is 0 Å². The maximum absolute atomic E-state index is 4.49. The summed E-state index contributed by atoms with van der Waals surface area (Å²) in [6.07, 6.45) is 4.33.